The Balaban J connectivity index is 1.57. The summed E-state index contributed by atoms with van der Waals surface area (Å²) in [5.74, 6) is 1.42. The second kappa shape index (κ2) is 10.8. The van der Waals surface area contributed by atoms with E-state index in [2.05, 4.69) is 58.9 Å². The quantitative estimate of drug-likeness (QED) is 0.282. The second-order valence-corrected chi connectivity index (χ2v) is 9.44. The second-order valence-electron chi connectivity index (χ2n) is 8.06. The smallest absolute Gasteiger partial charge is 0.319 e. The summed E-state index contributed by atoms with van der Waals surface area (Å²) in [4.78, 5) is 12.6. The lowest BCUT2D eigenvalue weighted by atomic mass is 10.1. The van der Waals surface area contributed by atoms with Crippen molar-refractivity contribution >= 4 is 35.1 Å². The van der Waals surface area contributed by atoms with Crippen molar-refractivity contribution in [2.45, 2.75) is 37.7 Å². The number of aromatic nitrogens is 3. The number of hydrogen-bond donors (Lipinski definition) is 2. The highest BCUT2D eigenvalue weighted by molar-refractivity contribution is 7.98. The van der Waals surface area contributed by atoms with Crippen LogP contribution in [0.25, 0.3) is 5.69 Å². The fourth-order valence-corrected chi connectivity index (χ4v) is 4.73. The molecule has 1 aromatic heterocycles. The minimum atomic E-state index is -0.388. The molecule has 0 aliphatic carbocycles. The molecule has 3 aromatic carbocycles. The molecule has 0 aliphatic heterocycles. The summed E-state index contributed by atoms with van der Waals surface area (Å²) >= 11 is 7.64. The lowest BCUT2D eigenvalue weighted by Crippen LogP contribution is -2.32. The summed E-state index contributed by atoms with van der Waals surface area (Å²) in [7, 11) is 0. The molecule has 0 spiro atoms. The zero-order valence-electron chi connectivity index (χ0n) is 19.2. The molecule has 0 fully saturated rings. The number of benzene rings is 3. The van der Waals surface area contributed by atoms with E-state index < -0.39 is 0 Å². The lowest BCUT2D eigenvalue weighted by molar-refractivity contribution is 0.249. The molecule has 174 valence electrons. The molecule has 1 atom stereocenters. The number of halogens is 1. The van der Waals surface area contributed by atoms with E-state index in [1.807, 2.05) is 35.8 Å². The fourth-order valence-electron chi connectivity index (χ4n) is 3.50. The third kappa shape index (κ3) is 5.79. The number of amides is 2. The van der Waals surface area contributed by atoms with Gasteiger partial charge in [0, 0.05) is 22.2 Å². The van der Waals surface area contributed by atoms with Crippen LogP contribution < -0.4 is 10.6 Å². The highest BCUT2D eigenvalue weighted by Gasteiger charge is 2.21. The molecular formula is C26H26ClN5OS. The van der Waals surface area contributed by atoms with Gasteiger partial charge in [-0.3, -0.25) is 4.57 Å². The van der Waals surface area contributed by atoms with Crippen LogP contribution in [-0.4, -0.2) is 20.8 Å². The van der Waals surface area contributed by atoms with Crippen LogP contribution in [0, 0.1) is 13.8 Å². The van der Waals surface area contributed by atoms with Gasteiger partial charge in [0.1, 0.15) is 0 Å². The molecule has 1 heterocycles. The lowest BCUT2D eigenvalue weighted by Gasteiger charge is -2.17. The van der Waals surface area contributed by atoms with Gasteiger partial charge in [-0.1, -0.05) is 71.4 Å². The molecule has 0 radical (unpaired) electrons. The Bertz CT molecular complexity index is 1290. The van der Waals surface area contributed by atoms with Crippen molar-refractivity contribution < 1.29 is 4.79 Å². The predicted octanol–water partition coefficient (Wildman–Crippen LogP) is 6.71. The number of thioether (sulfide) groups is 1. The number of nitrogens with zero attached hydrogens (tertiary/aromatic N) is 3. The van der Waals surface area contributed by atoms with Crippen LogP contribution >= 0.6 is 23.4 Å². The number of hydrogen-bond acceptors (Lipinski definition) is 4. The molecular weight excluding hydrogens is 466 g/mol. The van der Waals surface area contributed by atoms with Crippen LogP contribution in [0.4, 0.5) is 10.5 Å². The molecule has 2 amide bonds. The summed E-state index contributed by atoms with van der Waals surface area (Å²) in [5, 5.41) is 16.0. The zero-order valence-corrected chi connectivity index (χ0v) is 20.8. The van der Waals surface area contributed by atoms with Crippen molar-refractivity contribution in [1.29, 1.82) is 0 Å². The Hall–Kier alpha value is -3.29. The van der Waals surface area contributed by atoms with Gasteiger partial charge < -0.3 is 10.6 Å². The van der Waals surface area contributed by atoms with Crippen molar-refractivity contribution in [3.63, 3.8) is 0 Å². The minimum absolute atomic E-state index is 0.345. The van der Waals surface area contributed by atoms with E-state index in [1.54, 1.807) is 36.0 Å². The Morgan fingerprint density at radius 1 is 1.03 bits per heavy atom. The maximum absolute atomic E-state index is 12.6. The largest absolute Gasteiger partial charge is 0.328 e. The molecule has 0 saturated heterocycles. The van der Waals surface area contributed by atoms with Crippen molar-refractivity contribution in [1.82, 2.24) is 20.1 Å². The third-order valence-corrected chi connectivity index (χ3v) is 6.60. The SMILES string of the molecule is Cc1ccc(-n2c(SCc3ccccc3C)nnc2[C@@H](C)NC(=O)Nc2cccc(Cl)c2)cc1. The molecule has 0 saturated carbocycles. The Labute approximate surface area is 208 Å². The van der Waals surface area contributed by atoms with Crippen LogP contribution in [0.3, 0.4) is 0 Å². The summed E-state index contributed by atoms with van der Waals surface area (Å²) in [6.45, 7) is 6.05. The van der Waals surface area contributed by atoms with Gasteiger partial charge in [-0.15, -0.1) is 10.2 Å². The summed E-state index contributed by atoms with van der Waals surface area (Å²) in [5.41, 5.74) is 5.22. The van der Waals surface area contributed by atoms with Gasteiger partial charge in [-0.05, 0) is 62.2 Å². The zero-order chi connectivity index (χ0) is 24.1. The summed E-state index contributed by atoms with van der Waals surface area (Å²) in [6, 6.07) is 22.8. The normalized spacial score (nSPS) is 11.8. The van der Waals surface area contributed by atoms with Gasteiger partial charge in [0.05, 0.1) is 6.04 Å². The molecule has 8 heteroatoms. The van der Waals surface area contributed by atoms with E-state index in [1.165, 1.54) is 16.7 Å². The average Bonchev–Trinajstić information content (AvgIpc) is 3.23. The number of urea groups is 1. The average molecular weight is 492 g/mol. The first-order valence-electron chi connectivity index (χ1n) is 10.9. The monoisotopic (exact) mass is 491 g/mol. The van der Waals surface area contributed by atoms with Crippen LogP contribution in [0.2, 0.25) is 5.02 Å². The molecule has 2 N–H and O–H groups in total. The molecule has 4 rings (SSSR count). The first-order chi connectivity index (χ1) is 16.4. The van der Waals surface area contributed by atoms with E-state index in [0.717, 1.165) is 16.6 Å². The first-order valence-corrected chi connectivity index (χ1v) is 12.3. The van der Waals surface area contributed by atoms with Gasteiger partial charge in [0.15, 0.2) is 11.0 Å². The third-order valence-electron chi connectivity index (χ3n) is 5.39. The van der Waals surface area contributed by atoms with Crippen molar-refractivity contribution in [3.05, 3.63) is 100 Å². The molecule has 0 aliphatic rings. The number of anilines is 1. The van der Waals surface area contributed by atoms with Gasteiger partial charge >= 0.3 is 6.03 Å². The number of rotatable bonds is 7. The molecule has 34 heavy (non-hydrogen) atoms. The van der Waals surface area contributed by atoms with Gasteiger partial charge in [-0.2, -0.15) is 0 Å². The standard InChI is InChI=1S/C26H26ClN5OS/c1-17-11-13-23(14-12-17)32-24(19(3)28-25(33)29-22-10-6-9-21(27)15-22)30-31-26(32)34-16-20-8-5-4-7-18(20)2/h4-15,19H,16H2,1-3H3,(H2,28,29,33)/t19-/m1/s1. The van der Waals surface area contributed by atoms with E-state index >= 15 is 0 Å². The number of carbonyl (C=O) groups excluding carboxylic acids is 1. The molecule has 0 bridgehead atoms. The Kier molecular flexibility index (Phi) is 7.55. The summed E-state index contributed by atoms with van der Waals surface area (Å²) < 4.78 is 2.01. The van der Waals surface area contributed by atoms with Crippen molar-refractivity contribution in [3.8, 4) is 5.69 Å². The fraction of sp³-hybridized carbons (Fsp3) is 0.192. The van der Waals surface area contributed by atoms with Crippen LogP contribution in [0.15, 0.2) is 78.0 Å². The van der Waals surface area contributed by atoms with E-state index in [0.29, 0.717) is 16.5 Å². The minimum Gasteiger partial charge on any atom is -0.328 e. The Morgan fingerprint density at radius 3 is 2.53 bits per heavy atom. The number of aryl methyl sites for hydroxylation is 2. The first kappa shape index (κ1) is 23.9. The number of carbonyl (C=O) groups is 1. The van der Waals surface area contributed by atoms with Crippen LogP contribution in [0.1, 0.15) is 35.5 Å². The maximum Gasteiger partial charge on any atom is 0.319 e. The van der Waals surface area contributed by atoms with E-state index in [-0.39, 0.29) is 12.1 Å². The topological polar surface area (TPSA) is 71.8 Å². The van der Waals surface area contributed by atoms with Gasteiger partial charge in [-0.25, -0.2) is 4.79 Å². The molecule has 4 aromatic rings. The summed E-state index contributed by atoms with van der Waals surface area (Å²) in [6.07, 6.45) is 0. The van der Waals surface area contributed by atoms with E-state index in [4.69, 9.17) is 11.6 Å². The van der Waals surface area contributed by atoms with Crippen LogP contribution in [-0.2, 0) is 5.75 Å². The van der Waals surface area contributed by atoms with Gasteiger partial charge in [0.2, 0.25) is 0 Å². The predicted molar refractivity (Wildman–Crippen MR) is 139 cm³/mol. The maximum atomic E-state index is 12.6. The van der Waals surface area contributed by atoms with Crippen molar-refractivity contribution in [2.24, 2.45) is 0 Å². The van der Waals surface area contributed by atoms with Crippen molar-refractivity contribution in [2.75, 3.05) is 5.32 Å². The highest BCUT2D eigenvalue weighted by atomic mass is 35.5. The highest BCUT2D eigenvalue weighted by Crippen LogP contribution is 2.28. The molecule has 6 nitrogen and oxygen atoms in total. The Morgan fingerprint density at radius 2 is 1.79 bits per heavy atom. The van der Waals surface area contributed by atoms with Gasteiger partial charge in [0.25, 0.3) is 0 Å². The molecule has 0 unspecified atom stereocenters. The number of nitrogens with one attached hydrogen (secondary N) is 2. The van der Waals surface area contributed by atoms with E-state index in [9.17, 15) is 4.79 Å². The van der Waals surface area contributed by atoms with Crippen LogP contribution in [0.5, 0.6) is 0 Å².